The number of nitrogens with two attached hydrogens (primary N) is 2. The van der Waals surface area contributed by atoms with Gasteiger partial charge in [0, 0.05) is 11.3 Å². The van der Waals surface area contributed by atoms with Crippen LogP contribution in [0, 0.1) is 5.82 Å². The number of aryl methyl sites for hydroxylation is 1. The first-order valence-corrected chi connectivity index (χ1v) is 13.3. The Morgan fingerprint density at radius 2 is 1.78 bits per heavy atom. The lowest BCUT2D eigenvalue weighted by Gasteiger charge is -2.28. The number of amides is 2. The molecule has 0 saturated carbocycles. The highest BCUT2D eigenvalue weighted by Gasteiger charge is 2.34. The Bertz CT molecular complexity index is 1450. The van der Waals surface area contributed by atoms with E-state index in [9.17, 15) is 22.4 Å². The smallest absolute Gasteiger partial charge is 0.249 e. The van der Waals surface area contributed by atoms with Crippen molar-refractivity contribution >= 4 is 27.5 Å². The summed E-state index contributed by atoms with van der Waals surface area (Å²) in [6.07, 6.45) is 0.700. The largest absolute Gasteiger partial charge is 0.343 e. The monoisotopic (exact) mass is 524 g/mol. The molecule has 0 fully saturated rings. The zero-order valence-electron chi connectivity index (χ0n) is 20.6. The van der Waals surface area contributed by atoms with Crippen molar-refractivity contribution in [3.05, 3.63) is 83.7 Å². The Hall–Kier alpha value is -3.60. The summed E-state index contributed by atoms with van der Waals surface area (Å²) in [6.45, 7) is 3.27. The van der Waals surface area contributed by atoms with Crippen molar-refractivity contribution in [1.29, 1.82) is 0 Å². The molecule has 3 aromatic carbocycles. The number of anilines is 1. The predicted molar refractivity (Wildman–Crippen MR) is 139 cm³/mol. The molecule has 1 aliphatic heterocycles. The number of hydrogen-bond acceptors (Lipinski definition) is 5. The van der Waals surface area contributed by atoms with Gasteiger partial charge in [-0.2, -0.15) is 0 Å². The Kier molecular flexibility index (Phi) is 7.18. The quantitative estimate of drug-likeness (QED) is 0.456. The van der Waals surface area contributed by atoms with Crippen LogP contribution in [0.2, 0.25) is 0 Å². The summed E-state index contributed by atoms with van der Waals surface area (Å²) in [5, 5.41) is 8.12. The molecule has 0 aliphatic carbocycles. The third-order valence-electron chi connectivity index (χ3n) is 6.29. The summed E-state index contributed by atoms with van der Waals surface area (Å²) < 4.78 is 38.0. The van der Waals surface area contributed by atoms with Crippen LogP contribution in [0.3, 0.4) is 0 Å². The van der Waals surface area contributed by atoms with Crippen molar-refractivity contribution in [2.24, 2.45) is 10.9 Å². The Balaban J connectivity index is 1.66. The molecule has 5 N–H and O–H groups in total. The number of rotatable bonds is 6. The number of carbonyl (C=O) groups excluding carboxylic acids is 2. The standard InChI is InChI=1S/C27H29FN4O4S/c1-27(2,29)26(34)31-22-13-11-19-15-20(28)12-14-23(19)32(25(22)33)16-17-7-9-18(10-8-17)21-5-3-4-6-24(21)37(30,35)36/h3-10,12,14-15,22H,11,13,16,29H2,1-2H3,(H,31,34)(H2,30,35,36)/t22-/m1/s1. The molecule has 1 heterocycles. The van der Waals surface area contributed by atoms with E-state index in [1.54, 1.807) is 62.4 Å². The highest BCUT2D eigenvalue weighted by atomic mass is 32.2. The van der Waals surface area contributed by atoms with E-state index in [1.165, 1.54) is 23.1 Å². The van der Waals surface area contributed by atoms with Gasteiger partial charge in [0.1, 0.15) is 11.9 Å². The van der Waals surface area contributed by atoms with Gasteiger partial charge in [-0.15, -0.1) is 0 Å². The zero-order valence-corrected chi connectivity index (χ0v) is 21.4. The van der Waals surface area contributed by atoms with Crippen molar-refractivity contribution in [3.8, 4) is 11.1 Å². The molecule has 8 nitrogen and oxygen atoms in total. The van der Waals surface area contributed by atoms with Crippen LogP contribution in [0.25, 0.3) is 11.1 Å². The van der Waals surface area contributed by atoms with Crippen LogP contribution < -0.4 is 21.1 Å². The van der Waals surface area contributed by atoms with Crippen LogP contribution in [0.5, 0.6) is 0 Å². The second-order valence-electron chi connectivity index (χ2n) is 9.72. The van der Waals surface area contributed by atoms with E-state index >= 15 is 0 Å². The maximum absolute atomic E-state index is 14.0. The first-order valence-electron chi connectivity index (χ1n) is 11.8. The fourth-order valence-corrected chi connectivity index (χ4v) is 5.08. The summed E-state index contributed by atoms with van der Waals surface area (Å²) in [5.41, 5.74) is 7.85. The van der Waals surface area contributed by atoms with Crippen LogP contribution in [0.15, 0.2) is 71.6 Å². The van der Waals surface area contributed by atoms with Gasteiger partial charge in [-0.3, -0.25) is 9.59 Å². The molecule has 3 aromatic rings. The first-order chi connectivity index (χ1) is 17.3. The predicted octanol–water partition coefficient (Wildman–Crippen LogP) is 2.84. The number of primary sulfonamides is 1. The number of halogens is 1. The molecular weight excluding hydrogens is 495 g/mol. The molecule has 0 unspecified atom stereocenters. The van der Waals surface area contributed by atoms with Crippen molar-refractivity contribution in [2.75, 3.05) is 4.90 Å². The van der Waals surface area contributed by atoms with E-state index in [0.29, 0.717) is 35.2 Å². The molecule has 0 saturated heterocycles. The Labute approximate surface area is 215 Å². The van der Waals surface area contributed by atoms with E-state index in [1.807, 2.05) is 0 Å². The van der Waals surface area contributed by atoms with E-state index in [2.05, 4.69) is 5.32 Å². The number of nitrogens with one attached hydrogen (secondary N) is 1. The van der Waals surface area contributed by atoms with Crippen LogP contribution in [0.4, 0.5) is 10.1 Å². The average molecular weight is 525 g/mol. The molecule has 194 valence electrons. The Morgan fingerprint density at radius 1 is 1.11 bits per heavy atom. The molecule has 0 spiro atoms. The molecule has 37 heavy (non-hydrogen) atoms. The molecule has 0 radical (unpaired) electrons. The number of hydrogen-bond donors (Lipinski definition) is 3. The average Bonchev–Trinajstić information content (AvgIpc) is 2.95. The normalized spacial score (nSPS) is 16.2. The molecule has 0 aromatic heterocycles. The summed E-state index contributed by atoms with van der Waals surface area (Å²) in [7, 11) is -3.92. The molecular formula is C27H29FN4O4S. The third-order valence-corrected chi connectivity index (χ3v) is 7.26. The maximum atomic E-state index is 14.0. The number of carbonyl (C=O) groups is 2. The van der Waals surface area contributed by atoms with Gasteiger partial charge in [-0.1, -0.05) is 42.5 Å². The Morgan fingerprint density at radius 3 is 2.43 bits per heavy atom. The van der Waals surface area contributed by atoms with Crippen LogP contribution in [-0.2, 0) is 32.6 Å². The van der Waals surface area contributed by atoms with Crippen molar-refractivity contribution in [2.45, 2.75) is 49.7 Å². The van der Waals surface area contributed by atoms with Gasteiger partial charge in [0.05, 0.1) is 17.0 Å². The van der Waals surface area contributed by atoms with E-state index in [4.69, 9.17) is 10.9 Å². The molecule has 0 bridgehead atoms. The van der Waals surface area contributed by atoms with Crippen molar-refractivity contribution in [1.82, 2.24) is 5.32 Å². The van der Waals surface area contributed by atoms with Crippen LogP contribution in [0.1, 0.15) is 31.4 Å². The van der Waals surface area contributed by atoms with Crippen LogP contribution >= 0.6 is 0 Å². The molecule has 4 rings (SSSR count). The SMILES string of the molecule is CC(C)(N)C(=O)N[C@@H]1CCc2cc(F)ccc2N(Cc2ccc(-c3ccccc3S(N)(=O)=O)cc2)C1=O. The fraction of sp³-hybridized carbons (Fsp3) is 0.259. The zero-order chi connectivity index (χ0) is 27.0. The minimum atomic E-state index is -3.92. The number of benzene rings is 3. The third kappa shape index (κ3) is 5.87. The van der Waals surface area contributed by atoms with E-state index < -0.39 is 33.3 Å². The lowest BCUT2D eigenvalue weighted by molar-refractivity contribution is -0.130. The first kappa shape index (κ1) is 26.5. The van der Waals surface area contributed by atoms with Gasteiger partial charge in [0.15, 0.2) is 0 Å². The summed E-state index contributed by atoms with van der Waals surface area (Å²) in [5.74, 6) is -1.19. The van der Waals surface area contributed by atoms with E-state index in [0.717, 1.165) is 5.56 Å². The van der Waals surface area contributed by atoms with Gasteiger partial charge in [0.2, 0.25) is 21.8 Å². The highest BCUT2D eigenvalue weighted by Crippen LogP contribution is 2.31. The lowest BCUT2D eigenvalue weighted by Crippen LogP contribution is -2.56. The van der Waals surface area contributed by atoms with Gasteiger partial charge in [0.25, 0.3) is 0 Å². The summed E-state index contributed by atoms with van der Waals surface area (Å²) in [6, 6.07) is 17.0. The second-order valence-corrected chi connectivity index (χ2v) is 11.3. The van der Waals surface area contributed by atoms with Gasteiger partial charge in [-0.05, 0) is 67.6 Å². The minimum absolute atomic E-state index is 0.0165. The second kappa shape index (κ2) is 10.0. The van der Waals surface area contributed by atoms with Gasteiger partial charge >= 0.3 is 0 Å². The summed E-state index contributed by atoms with van der Waals surface area (Å²) >= 11 is 0. The van der Waals surface area contributed by atoms with Crippen LogP contribution in [-0.4, -0.2) is 31.8 Å². The lowest BCUT2D eigenvalue weighted by atomic mass is 10.0. The fourth-order valence-electron chi connectivity index (χ4n) is 4.31. The molecule has 2 amide bonds. The summed E-state index contributed by atoms with van der Waals surface area (Å²) in [4.78, 5) is 27.7. The number of fused-ring (bicyclic) bond motifs is 1. The van der Waals surface area contributed by atoms with Crippen molar-refractivity contribution in [3.63, 3.8) is 0 Å². The molecule has 1 atom stereocenters. The molecule has 1 aliphatic rings. The minimum Gasteiger partial charge on any atom is -0.343 e. The van der Waals surface area contributed by atoms with Gasteiger partial charge in [-0.25, -0.2) is 17.9 Å². The highest BCUT2D eigenvalue weighted by molar-refractivity contribution is 7.89. The van der Waals surface area contributed by atoms with Crippen molar-refractivity contribution < 1.29 is 22.4 Å². The van der Waals surface area contributed by atoms with E-state index in [-0.39, 0.29) is 17.3 Å². The number of nitrogens with zero attached hydrogens (tertiary/aromatic N) is 1. The topological polar surface area (TPSA) is 136 Å². The molecule has 10 heteroatoms. The maximum Gasteiger partial charge on any atom is 0.249 e. The number of sulfonamides is 1. The van der Waals surface area contributed by atoms with Gasteiger partial charge < -0.3 is 16.0 Å².